The van der Waals surface area contributed by atoms with Crippen LogP contribution in [0.1, 0.15) is 26.7 Å². The fourth-order valence-corrected chi connectivity index (χ4v) is 1.97. The van der Waals surface area contributed by atoms with Crippen LogP contribution < -0.4 is 0 Å². The SMILES string of the molecule is CCC1CN(C(C#N)CC)CC1O. The smallest absolute Gasteiger partial charge is 0.0976 e. The number of rotatable bonds is 3. The lowest BCUT2D eigenvalue weighted by Crippen LogP contribution is -2.32. The molecule has 1 N–H and O–H groups in total. The van der Waals surface area contributed by atoms with Crippen LogP contribution in [0.5, 0.6) is 0 Å². The van der Waals surface area contributed by atoms with Gasteiger partial charge in [-0.2, -0.15) is 5.26 Å². The summed E-state index contributed by atoms with van der Waals surface area (Å²) >= 11 is 0. The minimum Gasteiger partial charge on any atom is -0.391 e. The monoisotopic (exact) mass is 182 g/mol. The van der Waals surface area contributed by atoms with Gasteiger partial charge in [-0.25, -0.2) is 0 Å². The first-order valence-corrected chi connectivity index (χ1v) is 5.04. The summed E-state index contributed by atoms with van der Waals surface area (Å²) in [5.41, 5.74) is 0. The first kappa shape index (κ1) is 10.5. The topological polar surface area (TPSA) is 47.3 Å². The average Bonchev–Trinajstić information content (AvgIpc) is 2.49. The average molecular weight is 182 g/mol. The maximum atomic E-state index is 9.65. The summed E-state index contributed by atoms with van der Waals surface area (Å²) in [6.45, 7) is 5.65. The molecule has 1 saturated heterocycles. The lowest BCUT2D eigenvalue weighted by atomic mass is 10.0. The quantitative estimate of drug-likeness (QED) is 0.708. The molecule has 0 aromatic rings. The molecule has 1 heterocycles. The molecule has 0 aliphatic carbocycles. The van der Waals surface area contributed by atoms with Crippen molar-refractivity contribution in [2.75, 3.05) is 13.1 Å². The fraction of sp³-hybridized carbons (Fsp3) is 0.900. The second-order valence-electron chi connectivity index (χ2n) is 3.74. The van der Waals surface area contributed by atoms with Crippen LogP contribution in [0, 0.1) is 17.2 Å². The Balaban J connectivity index is 2.52. The first-order chi connectivity index (χ1) is 6.22. The Bertz CT molecular complexity index is 200. The van der Waals surface area contributed by atoms with Gasteiger partial charge in [0.05, 0.1) is 18.2 Å². The second-order valence-corrected chi connectivity index (χ2v) is 3.74. The zero-order chi connectivity index (χ0) is 9.84. The van der Waals surface area contributed by atoms with Crippen molar-refractivity contribution in [3.8, 4) is 6.07 Å². The van der Waals surface area contributed by atoms with Crippen molar-refractivity contribution >= 4 is 0 Å². The molecule has 0 aromatic heterocycles. The van der Waals surface area contributed by atoms with Crippen molar-refractivity contribution in [1.82, 2.24) is 4.90 Å². The lowest BCUT2D eigenvalue weighted by Gasteiger charge is -2.19. The molecule has 1 aliphatic heterocycles. The molecular weight excluding hydrogens is 164 g/mol. The van der Waals surface area contributed by atoms with Gasteiger partial charge in [-0.3, -0.25) is 4.90 Å². The highest BCUT2D eigenvalue weighted by Gasteiger charge is 2.33. The van der Waals surface area contributed by atoms with Gasteiger partial charge < -0.3 is 5.11 Å². The maximum Gasteiger partial charge on any atom is 0.0976 e. The summed E-state index contributed by atoms with van der Waals surface area (Å²) in [6, 6.07) is 2.27. The number of nitriles is 1. The summed E-state index contributed by atoms with van der Waals surface area (Å²) in [4.78, 5) is 2.10. The third-order valence-corrected chi connectivity index (χ3v) is 2.94. The highest BCUT2D eigenvalue weighted by molar-refractivity contribution is 4.96. The van der Waals surface area contributed by atoms with Crippen LogP contribution in [0.25, 0.3) is 0 Å². The van der Waals surface area contributed by atoms with Gasteiger partial charge in [-0.15, -0.1) is 0 Å². The number of aliphatic hydroxyl groups is 1. The molecule has 0 aromatic carbocycles. The summed E-state index contributed by atoms with van der Waals surface area (Å²) < 4.78 is 0. The van der Waals surface area contributed by atoms with E-state index in [1.807, 2.05) is 6.92 Å². The summed E-state index contributed by atoms with van der Waals surface area (Å²) in [5.74, 6) is 0.363. The van der Waals surface area contributed by atoms with Crippen LogP contribution in [0.3, 0.4) is 0 Å². The van der Waals surface area contributed by atoms with E-state index >= 15 is 0 Å². The molecule has 3 nitrogen and oxygen atoms in total. The van der Waals surface area contributed by atoms with E-state index in [0.717, 1.165) is 19.4 Å². The second kappa shape index (κ2) is 4.59. The Labute approximate surface area is 80.0 Å². The lowest BCUT2D eigenvalue weighted by molar-refractivity contribution is 0.137. The number of hydrogen-bond acceptors (Lipinski definition) is 3. The molecule has 1 rings (SSSR count). The summed E-state index contributed by atoms with van der Waals surface area (Å²) in [5, 5.41) is 18.5. The van der Waals surface area contributed by atoms with Crippen molar-refractivity contribution < 1.29 is 5.11 Å². The normalized spacial score (nSPS) is 31.5. The van der Waals surface area contributed by atoms with Crippen LogP contribution in [-0.4, -0.2) is 35.2 Å². The molecule has 3 atom stereocenters. The van der Waals surface area contributed by atoms with E-state index in [4.69, 9.17) is 5.26 Å². The number of hydrogen-bond donors (Lipinski definition) is 1. The van der Waals surface area contributed by atoms with E-state index in [0.29, 0.717) is 12.5 Å². The van der Waals surface area contributed by atoms with Gasteiger partial charge >= 0.3 is 0 Å². The molecule has 13 heavy (non-hydrogen) atoms. The first-order valence-electron chi connectivity index (χ1n) is 5.04. The van der Waals surface area contributed by atoms with Gasteiger partial charge in [0, 0.05) is 13.1 Å². The number of aliphatic hydroxyl groups excluding tert-OH is 1. The zero-order valence-electron chi connectivity index (χ0n) is 8.40. The van der Waals surface area contributed by atoms with Crippen LogP contribution in [0.15, 0.2) is 0 Å². The minimum atomic E-state index is -0.229. The Hall–Kier alpha value is -0.590. The van der Waals surface area contributed by atoms with Gasteiger partial charge in [0.2, 0.25) is 0 Å². The minimum absolute atomic E-state index is 0.00815. The molecule has 3 heteroatoms. The molecule has 0 radical (unpaired) electrons. The van der Waals surface area contributed by atoms with Crippen molar-refractivity contribution in [1.29, 1.82) is 5.26 Å². The number of β-amino-alcohol motifs (C(OH)–C–C–N with tert-alkyl or cyclic N) is 1. The van der Waals surface area contributed by atoms with Gasteiger partial charge in [0.25, 0.3) is 0 Å². The standard InChI is InChI=1S/C10H18N2O/c1-3-8-6-12(7-10(8)13)9(4-2)5-11/h8-10,13H,3-4,6-7H2,1-2H3. The van der Waals surface area contributed by atoms with Crippen molar-refractivity contribution in [3.05, 3.63) is 0 Å². The molecule has 0 saturated carbocycles. The van der Waals surface area contributed by atoms with Crippen LogP contribution in [0.4, 0.5) is 0 Å². The van der Waals surface area contributed by atoms with Crippen molar-refractivity contribution in [2.45, 2.75) is 38.8 Å². The number of likely N-dealkylation sites (tertiary alicyclic amines) is 1. The fourth-order valence-electron chi connectivity index (χ4n) is 1.97. The molecule has 0 spiro atoms. The predicted molar refractivity (Wildman–Crippen MR) is 51.1 cm³/mol. The molecular formula is C10H18N2O. The van der Waals surface area contributed by atoms with Crippen LogP contribution in [0.2, 0.25) is 0 Å². The Kier molecular flexibility index (Phi) is 3.71. The maximum absolute atomic E-state index is 9.65. The largest absolute Gasteiger partial charge is 0.391 e. The Morgan fingerprint density at radius 2 is 2.23 bits per heavy atom. The number of nitrogens with zero attached hydrogens (tertiary/aromatic N) is 2. The molecule has 1 aliphatic rings. The van der Waals surface area contributed by atoms with Gasteiger partial charge in [-0.05, 0) is 18.8 Å². The highest BCUT2D eigenvalue weighted by atomic mass is 16.3. The van der Waals surface area contributed by atoms with Gasteiger partial charge in [-0.1, -0.05) is 13.8 Å². The molecule has 0 bridgehead atoms. The zero-order valence-corrected chi connectivity index (χ0v) is 8.40. The molecule has 1 fully saturated rings. The highest BCUT2D eigenvalue weighted by Crippen LogP contribution is 2.22. The van der Waals surface area contributed by atoms with E-state index in [-0.39, 0.29) is 12.1 Å². The third-order valence-electron chi connectivity index (χ3n) is 2.94. The Morgan fingerprint density at radius 3 is 2.62 bits per heavy atom. The van der Waals surface area contributed by atoms with Gasteiger partial charge in [0.15, 0.2) is 0 Å². The predicted octanol–water partition coefficient (Wildman–Crippen LogP) is 0.991. The van der Waals surface area contributed by atoms with E-state index in [9.17, 15) is 5.11 Å². The molecule has 3 unspecified atom stereocenters. The summed E-state index contributed by atoms with van der Waals surface area (Å²) in [6.07, 6.45) is 1.62. The third kappa shape index (κ3) is 2.20. The molecule has 74 valence electrons. The van der Waals surface area contributed by atoms with Crippen molar-refractivity contribution in [3.63, 3.8) is 0 Å². The van der Waals surface area contributed by atoms with E-state index < -0.39 is 0 Å². The van der Waals surface area contributed by atoms with Crippen LogP contribution >= 0.6 is 0 Å². The van der Waals surface area contributed by atoms with E-state index in [1.54, 1.807) is 0 Å². The van der Waals surface area contributed by atoms with Crippen molar-refractivity contribution in [2.24, 2.45) is 5.92 Å². The summed E-state index contributed by atoms with van der Waals surface area (Å²) in [7, 11) is 0. The van der Waals surface area contributed by atoms with E-state index in [2.05, 4.69) is 17.9 Å². The van der Waals surface area contributed by atoms with Gasteiger partial charge in [0.1, 0.15) is 0 Å². The van der Waals surface area contributed by atoms with Crippen LogP contribution in [-0.2, 0) is 0 Å². The molecule has 0 amide bonds. The van der Waals surface area contributed by atoms with E-state index in [1.165, 1.54) is 0 Å². The Morgan fingerprint density at radius 1 is 1.54 bits per heavy atom.